The van der Waals surface area contributed by atoms with E-state index in [0.29, 0.717) is 17.9 Å². The molecule has 0 saturated carbocycles. The summed E-state index contributed by atoms with van der Waals surface area (Å²) in [5.41, 5.74) is 0.701. The Morgan fingerprint density at radius 3 is 2.71 bits per heavy atom. The quantitative estimate of drug-likeness (QED) is 0.702. The highest BCUT2D eigenvalue weighted by molar-refractivity contribution is 5.89. The lowest BCUT2D eigenvalue weighted by Crippen LogP contribution is -2.20. The van der Waals surface area contributed by atoms with Crippen LogP contribution in [0.1, 0.15) is 35.8 Å². The molecular weight excluding hydrogens is 220 g/mol. The molecule has 1 rings (SSSR count). The van der Waals surface area contributed by atoms with Crippen molar-refractivity contribution in [3.63, 3.8) is 0 Å². The first kappa shape index (κ1) is 13.4. The Labute approximate surface area is 101 Å². The Bertz CT molecular complexity index is 393. The summed E-state index contributed by atoms with van der Waals surface area (Å²) in [6.45, 7) is 3.81. The van der Waals surface area contributed by atoms with Crippen molar-refractivity contribution >= 4 is 11.8 Å². The Kier molecular flexibility index (Phi) is 4.90. The van der Waals surface area contributed by atoms with Crippen LogP contribution in [0, 0.1) is 6.92 Å². The van der Waals surface area contributed by atoms with Gasteiger partial charge in [-0.3, -0.25) is 0 Å². The van der Waals surface area contributed by atoms with Crippen LogP contribution in [-0.2, 0) is 0 Å². The number of hydrogen-bond donors (Lipinski definition) is 3. The zero-order valence-electron chi connectivity index (χ0n) is 10.1. The number of aromatic carboxylic acids is 1. The Morgan fingerprint density at radius 2 is 2.24 bits per heavy atom. The normalized spacial score (nSPS) is 12.2. The maximum atomic E-state index is 10.8. The van der Waals surface area contributed by atoms with Gasteiger partial charge in [-0.1, -0.05) is 6.92 Å². The topological polar surface area (TPSA) is 82.5 Å². The molecule has 0 aromatic carbocycles. The van der Waals surface area contributed by atoms with Crippen molar-refractivity contribution in [1.82, 2.24) is 4.98 Å². The van der Waals surface area contributed by atoms with Gasteiger partial charge in [-0.25, -0.2) is 9.78 Å². The highest BCUT2D eigenvalue weighted by atomic mass is 16.4. The highest BCUT2D eigenvalue weighted by Gasteiger charge is 2.10. The number of nitrogens with one attached hydrogen (secondary N) is 1. The molecule has 0 fully saturated rings. The molecule has 0 aliphatic heterocycles. The summed E-state index contributed by atoms with van der Waals surface area (Å²) >= 11 is 0. The van der Waals surface area contributed by atoms with Crippen LogP contribution in [0.5, 0.6) is 0 Å². The van der Waals surface area contributed by atoms with E-state index in [-0.39, 0.29) is 18.2 Å². The van der Waals surface area contributed by atoms with Crippen LogP contribution in [0.25, 0.3) is 0 Å². The number of rotatable bonds is 6. The Morgan fingerprint density at radius 1 is 1.53 bits per heavy atom. The van der Waals surface area contributed by atoms with Crippen LogP contribution < -0.4 is 5.32 Å². The number of aliphatic hydroxyl groups excluding tert-OH is 1. The minimum atomic E-state index is -0.969. The van der Waals surface area contributed by atoms with Gasteiger partial charge in [0.05, 0.1) is 11.3 Å². The number of carboxylic acid groups (broad SMARTS) is 1. The minimum absolute atomic E-state index is 0.123. The first-order valence-corrected chi connectivity index (χ1v) is 5.66. The summed E-state index contributed by atoms with van der Waals surface area (Å²) in [4.78, 5) is 15.0. The average Bonchev–Trinajstić information content (AvgIpc) is 2.28. The maximum Gasteiger partial charge on any atom is 0.337 e. The summed E-state index contributed by atoms with van der Waals surface area (Å²) in [6, 6.07) is 3.34. The van der Waals surface area contributed by atoms with Gasteiger partial charge in [0.1, 0.15) is 5.82 Å². The summed E-state index contributed by atoms with van der Waals surface area (Å²) in [5, 5.41) is 20.9. The van der Waals surface area contributed by atoms with Crippen molar-refractivity contribution < 1.29 is 15.0 Å². The summed E-state index contributed by atoms with van der Waals surface area (Å²) in [6.07, 6.45) is 1.53. The fourth-order valence-corrected chi connectivity index (χ4v) is 1.61. The first-order chi connectivity index (χ1) is 8.08. The maximum absolute atomic E-state index is 10.8. The number of aryl methyl sites for hydroxylation is 1. The standard InChI is InChI=1S/C12H18N2O3/c1-3-9(6-7-15)14-11-5-4-10(12(16)17)8(2)13-11/h4-5,9,15H,3,6-7H2,1-2H3,(H,13,14)(H,16,17). The predicted molar refractivity (Wildman–Crippen MR) is 65.3 cm³/mol. The van der Waals surface area contributed by atoms with Gasteiger partial charge in [-0.15, -0.1) is 0 Å². The molecule has 1 heterocycles. The van der Waals surface area contributed by atoms with E-state index in [0.717, 1.165) is 6.42 Å². The number of anilines is 1. The number of carbonyl (C=O) groups is 1. The lowest BCUT2D eigenvalue weighted by molar-refractivity contribution is 0.0695. The van der Waals surface area contributed by atoms with Gasteiger partial charge in [0, 0.05) is 12.6 Å². The number of nitrogens with zero attached hydrogens (tertiary/aromatic N) is 1. The molecular formula is C12H18N2O3. The molecule has 0 radical (unpaired) electrons. The van der Waals surface area contributed by atoms with E-state index in [1.165, 1.54) is 0 Å². The molecule has 5 heteroatoms. The minimum Gasteiger partial charge on any atom is -0.478 e. The van der Waals surface area contributed by atoms with Crippen LogP contribution in [0.15, 0.2) is 12.1 Å². The van der Waals surface area contributed by atoms with Crippen molar-refractivity contribution in [2.24, 2.45) is 0 Å². The summed E-state index contributed by atoms with van der Waals surface area (Å²) in [5.74, 6) is -0.322. The van der Waals surface area contributed by atoms with Crippen molar-refractivity contribution in [2.45, 2.75) is 32.7 Å². The molecule has 0 aliphatic carbocycles. The fraction of sp³-hybridized carbons (Fsp3) is 0.500. The van der Waals surface area contributed by atoms with E-state index in [9.17, 15) is 4.79 Å². The lowest BCUT2D eigenvalue weighted by atomic mass is 10.1. The molecule has 5 nitrogen and oxygen atoms in total. The van der Waals surface area contributed by atoms with E-state index < -0.39 is 5.97 Å². The Hall–Kier alpha value is -1.62. The molecule has 94 valence electrons. The van der Waals surface area contributed by atoms with Gasteiger partial charge in [-0.2, -0.15) is 0 Å². The number of aromatic nitrogens is 1. The van der Waals surface area contributed by atoms with Crippen molar-refractivity contribution in [3.8, 4) is 0 Å². The van der Waals surface area contributed by atoms with Gasteiger partial charge in [0.2, 0.25) is 0 Å². The molecule has 0 bridgehead atoms. The predicted octanol–water partition coefficient (Wildman–Crippen LogP) is 1.66. The smallest absolute Gasteiger partial charge is 0.337 e. The number of carboxylic acids is 1. The van der Waals surface area contributed by atoms with Crippen LogP contribution in [0.4, 0.5) is 5.82 Å². The number of pyridine rings is 1. The lowest BCUT2D eigenvalue weighted by Gasteiger charge is -2.16. The number of aliphatic hydroxyl groups is 1. The van der Waals surface area contributed by atoms with E-state index >= 15 is 0 Å². The summed E-state index contributed by atoms with van der Waals surface area (Å²) in [7, 11) is 0. The molecule has 1 atom stereocenters. The SMILES string of the molecule is CCC(CCO)Nc1ccc(C(=O)O)c(C)n1. The van der Waals surface area contributed by atoms with Crippen LogP contribution in [0.2, 0.25) is 0 Å². The molecule has 0 spiro atoms. The molecule has 1 aromatic rings. The second-order valence-corrected chi connectivity index (χ2v) is 3.90. The Balaban J connectivity index is 2.79. The van der Waals surface area contributed by atoms with Crippen molar-refractivity contribution in [1.29, 1.82) is 0 Å². The van der Waals surface area contributed by atoms with Gasteiger partial charge in [0.25, 0.3) is 0 Å². The molecule has 0 aliphatic rings. The molecule has 17 heavy (non-hydrogen) atoms. The number of hydrogen-bond acceptors (Lipinski definition) is 4. The van der Waals surface area contributed by atoms with Crippen LogP contribution >= 0.6 is 0 Å². The van der Waals surface area contributed by atoms with Gasteiger partial charge in [0.15, 0.2) is 0 Å². The first-order valence-electron chi connectivity index (χ1n) is 5.66. The second kappa shape index (κ2) is 6.20. The molecule has 3 N–H and O–H groups in total. The highest BCUT2D eigenvalue weighted by Crippen LogP contribution is 2.13. The zero-order valence-corrected chi connectivity index (χ0v) is 10.1. The molecule has 1 unspecified atom stereocenters. The third kappa shape index (κ3) is 3.71. The van der Waals surface area contributed by atoms with Crippen LogP contribution in [0.3, 0.4) is 0 Å². The van der Waals surface area contributed by atoms with Gasteiger partial charge < -0.3 is 15.5 Å². The van der Waals surface area contributed by atoms with E-state index in [1.807, 2.05) is 6.92 Å². The molecule has 1 aromatic heterocycles. The zero-order chi connectivity index (χ0) is 12.8. The molecule has 0 saturated heterocycles. The second-order valence-electron chi connectivity index (χ2n) is 3.90. The van der Waals surface area contributed by atoms with Crippen LogP contribution in [-0.4, -0.2) is 33.8 Å². The average molecular weight is 238 g/mol. The third-order valence-corrected chi connectivity index (χ3v) is 2.64. The molecule has 0 amide bonds. The van der Waals surface area contributed by atoms with Gasteiger partial charge >= 0.3 is 5.97 Å². The monoisotopic (exact) mass is 238 g/mol. The van der Waals surface area contributed by atoms with Crippen molar-refractivity contribution in [3.05, 3.63) is 23.4 Å². The van der Waals surface area contributed by atoms with Gasteiger partial charge in [-0.05, 0) is 31.9 Å². The van der Waals surface area contributed by atoms with E-state index in [4.69, 9.17) is 10.2 Å². The van der Waals surface area contributed by atoms with E-state index in [2.05, 4.69) is 10.3 Å². The summed E-state index contributed by atoms with van der Waals surface area (Å²) < 4.78 is 0. The fourth-order valence-electron chi connectivity index (χ4n) is 1.61. The largest absolute Gasteiger partial charge is 0.478 e. The van der Waals surface area contributed by atoms with Crippen molar-refractivity contribution in [2.75, 3.05) is 11.9 Å². The van der Waals surface area contributed by atoms with E-state index in [1.54, 1.807) is 19.1 Å². The third-order valence-electron chi connectivity index (χ3n) is 2.64.